The van der Waals surface area contributed by atoms with Gasteiger partial charge in [0.05, 0.1) is 18.7 Å². The Bertz CT molecular complexity index is 407. The molecule has 0 saturated heterocycles. The number of anilines is 1. The molecule has 0 aliphatic heterocycles. The third-order valence-corrected chi connectivity index (χ3v) is 3.39. The molecule has 4 nitrogen and oxygen atoms in total. The first-order valence-electron chi connectivity index (χ1n) is 6.81. The normalized spacial score (nSPS) is 13.6. The summed E-state index contributed by atoms with van der Waals surface area (Å²) >= 11 is 0. The highest BCUT2D eigenvalue weighted by atomic mass is 16.5. The number of hydrogen-bond donors (Lipinski definition) is 2. The molecule has 0 bridgehead atoms. The number of nitrogens with two attached hydrogens (primary N) is 1. The molecule has 1 rings (SSSR count). The zero-order chi connectivity index (χ0) is 14.3. The second-order valence-corrected chi connectivity index (χ2v) is 4.88. The smallest absolute Gasteiger partial charge is 0.223 e. The van der Waals surface area contributed by atoms with E-state index >= 15 is 0 Å². The van der Waals surface area contributed by atoms with Crippen LogP contribution in [0.1, 0.15) is 33.6 Å². The van der Waals surface area contributed by atoms with Gasteiger partial charge in [-0.3, -0.25) is 4.79 Å². The summed E-state index contributed by atoms with van der Waals surface area (Å²) < 4.78 is 5.49. The molecule has 4 heteroatoms. The highest BCUT2D eigenvalue weighted by molar-refractivity contribution is 5.76. The summed E-state index contributed by atoms with van der Waals surface area (Å²) in [6.07, 6.45) is 1.40. The SMILES string of the molecule is CCC(C)C(C)NC(=O)CCOc1ccccc1N. The Morgan fingerprint density at radius 1 is 1.37 bits per heavy atom. The van der Waals surface area contributed by atoms with E-state index in [2.05, 4.69) is 19.2 Å². The Morgan fingerprint density at radius 2 is 2.05 bits per heavy atom. The van der Waals surface area contributed by atoms with E-state index in [1.54, 1.807) is 12.1 Å². The van der Waals surface area contributed by atoms with Crippen LogP contribution in [-0.4, -0.2) is 18.6 Å². The lowest BCUT2D eigenvalue weighted by atomic mass is 10.0. The number of rotatable bonds is 7. The molecule has 0 spiro atoms. The van der Waals surface area contributed by atoms with Gasteiger partial charge in [-0.05, 0) is 25.0 Å². The van der Waals surface area contributed by atoms with Gasteiger partial charge < -0.3 is 15.8 Å². The van der Waals surface area contributed by atoms with Gasteiger partial charge in [-0.1, -0.05) is 32.4 Å². The van der Waals surface area contributed by atoms with Gasteiger partial charge in [-0.15, -0.1) is 0 Å². The maximum atomic E-state index is 11.7. The van der Waals surface area contributed by atoms with Crippen LogP contribution in [0, 0.1) is 5.92 Å². The van der Waals surface area contributed by atoms with Crippen molar-refractivity contribution < 1.29 is 9.53 Å². The Labute approximate surface area is 115 Å². The average Bonchev–Trinajstić information content (AvgIpc) is 2.40. The zero-order valence-electron chi connectivity index (χ0n) is 12.0. The molecule has 0 heterocycles. The van der Waals surface area contributed by atoms with Crippen molar-refractivity contribution in [3.8, 4) is 5.75 Å². The van der Waals surface area contributed by atoms with Crippen molar-refractivity contribution >= 4 is 11.6 Å². The second-order valence-electron chi connectivity index (χ2n) is 4.88. The Balaban J connectivity index is 2.30. The molecular weight excluding hydrogens is 240 g/mol. The quantitative estimate of drug-likeness (QED) is 0.744. The number of ether oxygens (including phenoxy) is 1. The number of benzene rings is 1. The fraction of sp³-hybridized carbons (Fsp3) is 0.533. The third kappa shape index (κ3) is 5.20. The summed E-state index contributed by atoms with van der Waals surface area (Å²) in [7, 11) is 0. The van der Waals surface area contributed by atoms with Gasteiger partial charge in [0.25, 0.3) is 0 Å². The van der Waals surface area contributed by atoms with Crippen molar-refractivity contribution in [3.05, 3.63) is 24.3 Å². The Morgan fingerprint density at radius 3 is 2.68 bits per heavy atom. The maximum absolute atomic E-state index is 11.7. The fourth-order valence-corrected chi connectivity index (χ4v) is 1.69. The Hall–Kier alpha value is -1.71. The van der Waals surface area contributed by atoms with Gasteiger partial charge in [0.2, 0.25) is 5.91 Å². The van der Waals surface area contributed by atoms with Crippen LogP contribution >= 0.6 is 0 Å². The van der Waals surface area contributed by atoms with Gasteiger partial charge in [0.15, 0.2) is 0 Å². The first-order chi connectivity index (χ1) is 9.04. The number of nitrogen functional groups attached to an aromatic ring is 1. The molecule has 1 amide bonds. The van der Waals surface area contributed by atoms with Gasteiger partial charge in [-0.25, -0.2) is 0 Å². The number of carbonyl (C=O) groups is 1. The van der Waals surface area contributed by atoms with Crippen LogP contribution in [0.5, 0.6) is 5.75 Å². The molecule has 2 unspecified atom stereocenters. The topological polar surface area (TPSA) is 64.3 Å². The number of carbonyl (C=O) groups excluding carboxylic acids is 1. The highest BCUT2D eigenvalue weighted by Gasteiger charge is 2.12. The number of hydrogen-bond acceptors (Lipinski definition) is 3. The van der Waals surface area contributed by atoms with Crippen LogP contribution < -0.4 is 15.8 Å². The van der Waals surface area contributed by atoms with Crippen molar-refractivity contribution in [2.24, 2.45) is 5.92 Å². The van der Waals surface area contributed by atoms with Crippen molar-refractivity contribution in [1.82, 2.24) is 5.32 Å². The lowest BCUT2D eigenvalue weighted by Gasteiger charge is -2.19. The molecule has 1 aromatic carbocycles. The molecule has 0 aliphatic rings. The van der Waals surface area contributed by atoms with E-state index < -0.39 is 0 Å². The second kappa shape index (κ2) is 7.67. The minimum Gasteiger partial charge on any atom is -0.491 e. The summed E-state index contributed by atoms with van der Waals surface area (Å²) in [5.41, 5.74) is 6.34. The largest absolute Gasteiger partial charge is 0.491 e. The van der Waals surface area contributed by atoms with E-state index in [-0.39, 0.29) is 11.9 Å². The van der Waals surface area contributed by atoms with Crippen molar-refractivity contribution in [2.45, 2.75) is 39.7 Å². The van der Waals surface area contributed by atoms with E-state index in [0.29, 0.717) is 30.4 Å². The van der Waals surface area contributed by atoms with E-state index in [4.69, 9.17) is 10.5 Å². The first-order valence-corrected chi connectivity index (χ1v) is 6.81. The Kier molecular flexibility index (Phi) is 6.19. The minimum atomic E-state index is 0.0160. The van der Waals surface area contributed by atoms with Gasteiger partial charge >= 0.3 is 0 Å². The van der Waals surface area contributed by atoms with E-state index in [9.17, 15) is 4.79 Å². The van der Waals surface area contributed by atoms with Crippen LogP contribution in [0.15, 0.2) is 24.3 Å². The maximum Gasteiger partial charge on any atom is 0.223 e. The van der Waals surface area contributed by atoms with Gasteiger partial charge in [0.1, 0.15) is 5.75 Å². The molecule has 2 atom stereocenters. The van der Waals surface area contributed by atoms with Gasteiger partial charge in [-0.2, -0.15) is 0 Å². The molecule has 106 valence electrons. The van der Waals surface area contributed by atoms with Crippen molar-refractivity contribution in [3.63, 3.8) is 0 Å². The zero-order valence-corrected chi connectivity index (χ0v) is 12.0. The van der Waals surface area contributed by atoms with Crippen LogP contribution in [0.4, 0.5) is 5.69 Å². The molecule has 0 aliphatic carbocycles. The molecule has 1 aromatic rings. The summed E-state index contributed by atoms with van der Waals surface area (Å²) in [5.74, 6) is 1.13. The molecule has 0 saturated carbocycles. The lowest BCUT2D eigenvalue weighted by molar-refractivity contribution is -0.122. The minimum absolute atomic E-state index is 0.0160. The van der Waals surface area contributed by atoms with Crippen LogP contribution in [0.3, 0.4) is 0 Å². The fourth-order valence-electron chi connectivity index (χ4n) is 1.69. The van der Waals surface area contributed by atoms with Crippen LogP contribution in [0.2, 0.25) is 0 Å². The van der Waals surface area contributed by atoms with Crippen LogP contribution in [0.25, 0.3) is 0 Å². The summed E-state index contributed by atoms with van der Waals surface area (Å²) in [6.45, 7) is 6.62. The molecule has 0 radical (unpaired) electrons. The third-order valence-electron chi connectivity index (χ3n) is 3.39. The van der Waals surface area contributed by atoms with Gasteiger partial charge in [0, 0.05) is 6.04 Å². The predicted molar refractivity (Wildman–Crippen MR) is 78.0 cm³/mol. The number of nitrogens with one attached hydrogen (secondary N) is 1. The molecule has 3 N–H and O–H groups in total. The first kappa shape index (κ1) is 15.3. The molecule has 0 fully saturated rings. The standard InChI is InChI=1S/C15H24N2O2/c1-4-11(2)12(3)17-15(18)9-10-19-14-8-6-5-7-13(14)16/h5-8,11-12H,4,9-10,16H2,1-3H3,(H,17,18). The van der Waals surface area contributed by atoms with E-state index in [0.717, 1.165) is 6.42 Å². The molecular formula is C15H24N2O2. The monoisotopic (exact) mass is 264 g/mol. The lowest BCUT2D eigenvalue weighted by Crippen LogP contribution is -2.37. The molecule has 0 aromatic heterocycles. The number of amides is 1. The van der Waals surface area contributed by atoms with E-state index in [1.807, 2.05) is 19.1 Å². The summed E-state index contributed by atoms with van der Waals surface area (Å²) in [6, 6.07) is 7.48. The predicted octanol–water partition coefficient (Wildman–Crippen LogP) is 2.59. The highest BCUT2D eigenvalue weighted by Crippen LogP contribution is 2.19. The van der Waals surface area contributed by atoms with Crippen molar-refractivity contribution in [2.75, 3.05) is 12.3 Å². The molecule has 19 heavy (non-hydrogen) atoms. The summed E-state index contributed by atoms with van der Waals surface area (Å²) in [5, 5.41) is 2.98. The summed E-state index contributed by atoms with van der Waals surface area (Å²) in [4.78, 5) is 11.7. The van der Waals surface area contributed by atoms with Crippen LogP contribution in [-0.2, 0) is 4.79 Å². The van der Waals surface area contributed by atoms with Crippen molar-refractivity contribution in [1.29, 1.82) is 0 Å². The average molecular weight is 264 g/mol. The number of para-hydroxylation sites is 2. The van der Waals surface area contributed by atoms with E-state index in [1.165, 1.54) is 0 Å².